The van der Waals surface area contributed by atoms with Crippen molar-refractivity contribution in [2.24, 2.45) is 0 Å². The molecular formula is C25H32N2O3. The molecule has 1 aliphatic rings. The molecule has 0 unspecified atom stereocenters. The largest absolute Gasteiger partial charge is 0.501 e. The lowest BCUT2D eigenvalue weighted by Crippen LogP contribution is -2.16. The number of rotatable bonds is 7. The molecule has 0 bridgehead atoms. The van der Waals surface area contributed by atoms with Crippen LogP contribution in [0.4, 0.5) is 0 Å². The van der Waals surface area contributed by atoms with Crippen molar-refractivity contribution in [1.82, 2.24) is 9.88 Å². The first-order valence-corrected chi connectivity index (χ1v) is 10.0. The zero-order chi connectivity index (χ0) is 22.1. The van der Waals surface area contributed by atoms with Gasteiger partial charge >= 0.3 is 0 Å². The number of aromatic nitrogens is 1. The molecule has 0 atom stereocenters. The minimum atomic E-state index is -0.111. The number of methoxy groups -OCH3 is 2. The van der Waals surface area contributed by atoms with E-state index in [4.69, 9.17) is 4.74 Å². The Morgan fingerprint density at radius 1 is 1.03 bits per heavy atom. The van der Waals surface area contributed by atoms with Crippen molar-refractivity contribution in [3.63, 3.8) is 0 Å². The molecule has 0 aliphatic carbocycles. The molecule has 3 rings (SSSR count). The maximum atomic E-state index is 13.3. The van der Waals surface area contributed by atoms with Gasteiger partial charge in [0.1, 0.15) is 5.76 Å². The monoisotopic (exact) mass is 408 g/mol. The van der Waals surface area contributed by atoms with Crippen LogP contribution in [-0.4, -0.2) is 50.1 Å². The van der Waals surface area contributed by atoms with Gasteiger partial charge in [0, 0.05) is 39.1 Å². The fraction of sp³-hybridized carbons (Fsp3) is 0.320. The van der Waals surface area contributed by atoms with Crippen molar-refractivity contribution in [3.8, 4) is 0 Å². The van der Waals surface area contributed by atoms with Crippen molar-refractivity contribution >= 4 is 17.1 Å². The first-order valence-electron chi connectivity index (χ1n) is 10.0. The Bertz CT molecular complexity index is 903. The summed E-state index contributed by atoms with van der Waals surface area (Å²) in [5.41, 5.74) is 4.42. The van der Waals surface area contributed by atoms with Gasteiger partial charge in [-0.15, -0.1) is 0 Å². The molecule has 2 heterocycles. The summed E-state index contributed by atoms with van der Waals surface area (Å²) in [6.45, 7) is 12.2. The number of carbonyl (C=O) groups excluding carboxylic acids is 1. The highest BCUT2D eigenvalue weighted by Gasteiger charge is 2.23. The number of hydrogen-bond acceptors (Lipinski definition) is 4. The molecule has 1 aliphatic heterocycles. The molecule has 5 nitrogen and oxygen atoms in total. The van der Waals surface area contributed by atoms with Crippen molar-refractivity contribution in [2.45, 2.75) is 19.8 Å². The van der Waals surface area contributed by atoms with Crippen molar-refractivity contribution in [2.75, 3.05) is 34.4 Å². The van der Waals surface area contributed by atoms with Gasteiger partial charge in [-0.1, -0.05) is 43.5 Å². The van der Waals surface area contributed by atoms with Crippen LogP contribution in [0, 0.1) is 0 Å². The van der Waals surface area contributed by atoms with Gasteiger partial charge < -0.3 is 19.4 Å². The lowest BCUT2D eigenvalue weighted by atomic mass is 9.93. The summed E-state index contributed by atoms with van der Waals surface area (Å²) < 4.78 is 9.65. The summed E-state index contributed by atoms with van der Waals surface area (Å²) in [7, 11) is 4.82. The summed E-state index contributed by atoms with van der Waals surface area (Å²) in [6, 6.07) is 11.5. The molecule has 1 N–H and O–H groups in total. The fourth-order valence-electron chi connectivity index (χ4n) is 3.39. The van der Waals surface area contributed by atoms with E-state index in [-0.39, 0.29) is 5.78 Å². The average molecular weight is 409 g/mol. The third-order valence-electron chi connectivity index (χ3n) is 5.05. The third kappa shape index (κ3) is 5.51. The highest BCUT2D eigenvalue weighted by Crippen LogP contribution is 2.29. The number of nitrogens with zero attached hydrogens (tertiary/aromatic N) is 1. The van der Waals surface area contributed by atoms with Crippen LogP contribution in [-0.2, 0) is 9.47 Å². The highest BCUT2D eigenvalue weighted by atomic mass is 16.5. The molecule has 0 amide bonds. The van der Waals surface area contributed by atoms with Crippen LogP contribution in [0.25, 0.3) is 11.3 Å². The molecule has 0 radical (unpaired) electrons. The van der Waals surface area contributed by atoms with Gasteiger partial charge in [-0.2, -0.15) is 0 Å². The summed E-state index contributed by atoms with van der Waals surface area (Å²) in [5, 5.41) is 0. The normalized spacial score (nSPS) is 13.8. The van der Waals surface area contributed by atoms with Crippen molar-refractivity contribution in [1.29, 1.82) is 0 Å². The molecule has 160 valence electrons. The van der Waals surface area contributed by atoms with Crippen LogP contribution in [0.2, 0.25) is 0 Å². The van der Waals surface area contributed by atoms with Gasteiger partial charge in [0.25, 0.3) is 0 Å². The summed E-state index contributed by atoms with van der Waals surface area (Å²) >= 11 is 0. The maximum Gasteiger partial charge on any atom is 0.198 e. The number of carbonyl (C=O) groups is 1. The zero-order valence-electron chi connectivity index (χ0n) is 18.5. The van der Waals surface area contributed by atoms with Crippen LogP contribution in [0.15, 0.2) is 67.1 Å². The Hall–Kier alpha value is -3.05. The third-order valence-corrected chi connectivity index (χ3v) is 5.05. The number of nitrogens with one attached hydrogen (secondary N) is 1. The minimum absolute atomic E-state index is 0.111. The van der Waals surface area contributed by atoms with Gasteiger partial charge in [0.2, 0.25) is 0 Å². The van der Waals surface area contributed by atoms with E-state index in [0.29, 0.717) is 22.5 Å². The predicted octanol–water partition coefficient (Wildman–Crippen LogP) is 5.16. The molecule has 1 aromatic heterocycles. The molecule has 1 fully saturated rings. The number of likely N-dealkylation sites (tertiary alicyclic amines) is 1. The average Bonchev–Trinajstić information content (AvgIpc) is 3.46. The Labute approximate surface area is 179 Å². The molecule has 1 aromatic carbocycles. The first-order chi connectivity index (χ1) is 14.4. The van der Waals surface area contributed by atoms with E-state index in [2.05, 4.69) is 27.8 Å². The highest BCUT2D eigenvalue weighted by molar-refractivity contribution is 6.18. The van der Waals surface area contributed by atoms with Crippen LogP contribution in [0.5, 0.6) is 0 Å². The second kappa shape index (κ2) is 11.2. The van der Waals surface area contributed by atoms with Crippen LogP contribution >= 0.6 is 0 Å². The number of ketones is 1. The predicted molar refractivity (Wildman–Crippen MR) is 123 cm³/mol. The quantitative estimate of drug-likeness (QED) is 0.298. The van der Waals surface area contributed by atoms with Gasteiger partial charge in [0.05, 0.1) is 24.1 Å². The molecule has 30 heavy (non-hydrogen) atoms. The maximum absolute atomic E-state index is 13.3. The first kappa shape index (κ1) is 23.2. The number of hydrogen-bond donors (Lipinski definition) is 1. The Morgan fingerprint density at radius 3 is 2.20 bits per heavy atom. The number of allylic oxidation sites excluding steroid dienone is 3. The Morgan fingerprint density at radius 2 is 1.63 bits per heavy atom. The van der Waals surface area contributed by atoms with Crippen LogP contribution in [0.1, 0.15) is 41.4 Å². The molecule has 1 saturated heterocycles. The van der Waals surface area contributed by atoms with E-state index in [1.807, 2.05) is 36.4 Å². The summed E-state index contributed by atoms with van der Waals surface area (Å²) in [5.74, 6) is 0.440. The molecule has 2 aromatic rings. The lowest BCUT2D eigenvalue weighted by Gasteiger charge is -2.19. The zero-order valence-corrected chi connectivity index (χ0v) is 18.5. The van der Waals surface area contributed by atoms with E-state index in [0.717, 1.165) is 30.0 Å². The van der Waals surface area contributed by atoms with E-state index in [1.54, 1.807) is 34.4 Å². The second-order valence-corrected chi connectivity index (χ2v) is 7.16. The van der Waals surface area contributed by atoms with E-state index >= 15 is 0 Å². The van der Waals surface area contributed by atoms with Crippen LogP contribution < -0.4 is 0 Å². The standard InChI is InChI=1S/C23H26N2O2.C2H6O/c1-16(19-10-6-5-7-11-19)22(18(3)27-4)23(26)20-14-21(24-15-20)17(2)25-12-8-9-13-25;1-3-2/h5-7,10-11,14-15,24H,1-2,8-9,12-13H2,3-4H3;1-2H3/b22-18+;. The molecule has 0 spiro atoms. The Balaban J connectivity index is 0.00000101. The topological polar surface area (TPSA) is 54.6 Å². The summed E-state index contributed by atoms with van der Waals surface area (Å²) in [6.07, 6.45) is 4.10. The van der Waals surface area contributed by atoms with Gasteiger partial charge in [-0.25, -0.2) is 0 Å². The summed E-state index contributed by atoms with van der Waals surface area (Å²) in [4.78, 5) is 18.7. The van der Waals surface area contributed by atoms with Crippen molar-refractivity contribution in [3.05, 3.63) is 83.9 Å². The number of Topliss-reactive ketones (excluding diaryl/α,β-unsaturated/α-hetero) is 1. The van der Waals surface area contributed by atoms with E-state index in [9.17, 15) is 4.79 Å². The number of benzene rings is 1. The Kier molecular flexibility index (Phi) is 8.69. The molecule has 0 saturated carbocycles. The second-order valence-electron chi connectivity index (χ2n) is 7.16. The smallest absolute Gasteiger partial charge is 0.198 e. The lowest BCUT2D eigenvalue weighted by molar-refractivity contribution is 0.103. The molecular weight excluding hydrogens is 376 g/mol. The number of H-pyrrole nitrogens is 1. The van der Waals surface area contributed by atoms with Crippen LogP contribution in [0.3, 0.4) is 0 Å². The van der Waals surface area contributed by atoms with Gasteiger partial charge in [-0.05, 0) is 37.0 Å². The van der Waals surface area contributed by atoms with E-state index < -0.39 is 0 Å². The SMILES string of the molecule is C=C(/C(C(=O)c1c[nH]c(C(=C)N2CCCC2)c1)=C(/C)OC)c1ccccc1.COC. The number of aromatic amines is 1. The minimum Gasteiger partial charge on any atom is -0.501 e. The van der Waals surface area contributed by atoms with E-state index in [1.165, 1.54) is 12.8 Å². The number of ether oxygens (including phenoxy) is 2. The fourth-order valence-corrected chi connectivity index (χ4v) is 3.39. The van der Waals surface area contributed by atoms with Gasteiger partial charge in [-0.3, -0.25) is 4.79 Å². The van der Waals surface area contributed by atoms with Crippen molar-refractivity contribution < 1.29 is 14.3 Å². The van der Waals surface area contributed by atoms with Gasteiger partial charge in [0.15, 0.2) is 5.78 Å². The molecule has 5 heteroatoms.